The van der Waals surface area contributed by atoms with E-state index in [0.717, 1.165) is 19.5 Å². The number of hydrogen-bond donors (Lipinski definition) is 1. The van der Waals surface area contributed by atoms with Crippen LogP contribution in [0.4, 0.5) is 0 Å². The van der Waals surface area contributed by atoms with Crippen LogP contribution in [0.25, 0.3) is 0 Å². The molecule has 0 heterocycles. The Morgan fingerprint density at radius 2 is 2.25 bits per heavy atom. The summed E-state index contributed by atoms with van der Waals surface area (Å²) in [6, 6.07) is 0. The summed E-state index contributed by atoms with van der Waals surface area (Å²) < 4.78 is 0. The van der Waals surface area contributed by atoms with Gasteiger partial charge in [-0.3, -0.25) is 0 Å². The van der Waals surface area contributed by atoms with Crippen LogP contribution in [-0.2, 0) is 0 Å². The molecule has 0 spiro atoms. The summed E-state index contributed by atoms with van der Waals surface area (Å²) >= 11 is 0. The molecule has 2 nitrogen and oxygen atoms in total. The monoisotopic (exact) mass is 168 g/mol. The first kappa shape index (κ1) is 9.75. The van der Waals surface area contributed by atoms with Crippen LogP contribution in [0.3, 0.4) is 0 Å². The first-order valence-electron chi connectivity index (χ1n) is 4.75. The highest BCUT2D eigenvalue weighted by Crippen LogP contribution is 2.32. The lowest BCUT2D eigenvalue weighted by molar-refractivity contribution is 0.300. The van der Waals surface area contributed by atoms with Crippen molar-refractivity contribution in [2.75, 3.05) is 20.1 Å². The van der Waals surface area contributed by atoms with Crippen LogP contribution < -0.4 is 5.73 Å². The van der Waals surface area contributed by atoms with Crippen molar-refractivity contribution in [1.82, 2.24) is 4.90 Å². The number of allylic oxidation sites excluding steroid dienone is 1. The molecule has 1 saturated carbocycles. The molecular weight excluding hydrogens is 148 g/mol. The summed E-state index contributed by atoms with van der Waals surface area (Å²) in [7, 11) is 2.15. The third-order valence-electron chi connectivity index (χ3n) is 2.43. The molecule has 1 fully saturated rings. The van der Waals surface area contributed by atoms with Crippen LogP contribution >= 0.6 is 0 Å². The molecule has 0 aromatic heterocycles. The van der Waals surface area contributed by atoms with Gasteiger partial charge in [-0.2, -0.15) is 0 Å². The van der Waals surface area contributed by atoms with Crippen LogP contribution in [0.15, 0.2) is 12.7 Å². The molecule has 70 valence electrons. The molecule has 0 radical (unpaired) electrons. The van der Waals surface area contributed by atoms with Crippen LogP contribution in [-0.4, -0.2) is 30.6 Å². The summed E-state index contributed by atoms with van der Waals surface area (Å²) in [5, 5.41) is 0. The van der Waals surface area contributed by atoms with Gasteiger partial charge in [-0.05, 0) is 39.3 Å². The number of likely N-dealkylation sites (N-methyl/N-ethyl adjacent to an activating group) is 1. The average molecular weight is 168 g/mol. The fraction of sp³-hybridized carbons (Fsp3) is 0.800. The molecule has 2 heteroatoms. The van der Waals surface area contributed by atoms with Gasteiger partial charge in [0.1, 0.15) is 0 Å². The van der Waals surface area contributed by atoms with Crippen molar-refractivity contribution in [3.63, 3.8) is 0 Å². The minimum absolute atomic E-state index is 0.170. The third-order valence-corrected chi connectivity index (χ3v) is 2.43. The van der Waals surface area contributed by atoms with Crippen LogP contribution in [0.2, 0.25) is 0 Å². The van der Waals surface area contributed by atoms with E-state index >= 15 is 0 Å². The maximum absolute atomic E-state index is 5.99. The van der Waals surface area contributed by atoms with Gasteiger partial charge in [0.15, 0.2) is 0 Å². The summed E-state index contributed by atoms with van der Waals surface area (Å²) in [5.74, 6) is 0. The molecule has 1 aliphatic rings. The van der Waals surface area contributed by atoms with Crippen molar-refractivity contribution in [2.45, 2.75) is 31.2 Å². The zero-order valence-corrected chi connectivity index (χ0v) is 8.05. The maximum Gasteiger partial charge on any atom is 0.0284 e. The van der Waals surface area contributed by atoms with Crippen molar-refractivity contribution >= 4 is 0 Å². The molecular formula is C10H20N2. The van der Waals surface area contributed by atoms with Crippen molar-refractivity contribution in [1.29, 1.82) is 0 Å². The van der Waals surface area contributed by atoms with E-state index in [2.05, 4.69) is 18.5 Å². The van der Waals surface area contributed by atoms with Gasteiger partial charge in [0.05, 0.1) is 0 Å². The van der Waals surface area contributed by atoms with Gasteiger partial charge >= 0.3 is 0 Å². The van der Waals surface area contributed by atoms with Gasteiger partial charge < -0.3 is 10.6 Å². The lowest BCUT2D eigenvalue weighted by Crippen LogP contribution is -2.37. The smallest absolute Gasteiger partial charge is 0.0284 e. The Morgan fingerprint density at radius 3 is 2.75 bits per heavy atom. The van der Waals surface area contributed by atoms with Gasteiger partial charge in [-0.15, -0.1) is 6.58 Å². The summed E-state index contributed by atoms with van der Waals surface area (Å²) in [5.41, 5.74) is 6.16. The molecule has 0 amide bonds. The highest BCUT2D eigenvalue weighted by molar-refractivity contribution is 5.00. The fourth-order valence-corrected chi connectivity index (χ4v) is 1.44. The second-order valence-electron chi connectivity index (χ2n) is 4.03. The Kier molecular flexibility index (Phi) is 3.29. The van der Waals surface area contributed by atoms with E-state index in [1.165, 1.54) is 19.3 Å². The van der Waals surface area contributed by atoms with E-state index in [1.807, 2.05) is 6.08 Å². The van der Waals surface area contributed by atoms with E-state index in [1.54, 1.807) is 0 Å². The van der Waals surface area contributed by atoms with Gasteiger partial charge in [0.2, 0.25) is 0 Å². The Hall–Kier alpha value is -0.340. The Balaban J connectivity index is 2.03. The van der Waals surface area contributed by atoms with Gasteiger partial charge in [0.25, 0.3) is 0 Å². The van der Waals surface area contributed by atoms with E-state index < -0.39 is 0 Å². The molecule has 12 heavy (non-hydrogen) atoms. The third kappa shape index (κ3) is 3.37. The van der Waals surface area contributed by atoms with Gasteiger partial charge in [-0.25, -0.2) is 0 Å². The minimum Gasteiger partial charge on any atom is -0.324 e. The molecule has 1 rings (SSSR count). The Bertz CT molecular complexity index is 150. The lowest BCUT2D eigenvalue weighted by atomic mass is 10.2. The molecule has 0 aliphatic heterocycles. The molecule has 0 unspecified atom stereocenters. The van der Waals surface area contributed by atoms with Crippen molar-refractivity contribution in [3.05, 3.63) is 12.7 Å². The normalized spacial score (nSPS) is 19.6. The number of unbranched alkanes of at least 4 members (excludes halogenated alkanes) is 1. The largest absolute Gasteiger partial charge is 0.324 e. The van der Waals surface area contributed by atoms with Crippen LogP contribution in [0.5, 0.6) is 0 Å². The molecule has 0 saturated heterocycles. The van der Waals surface area contributed by atoms with Gasteiger partial charge in [-0.1, -0.05) is 6.08 Å². The molecule has 1 aliphatic carbocycles. The first-order valence-corrected chi connectivity index (χ1v) is 4.75. The zero-order valence-electron chi connectivity index (χ0n) is 8.05. The van der Waals surface area contributed by atoms with E-state index in [9.17, 15) is 0 Å². The van der Waals surface area contributed by atoms with Crippen molar-refractivity contribution in [2.24, 2.45) is 5.73 Å². The number of nitrogens with zero attached hydrogens (tertiary/aromatic N) is 1. The molecule has 0 aromatic rings. The van der Waals surface area contributed by atoms with E-state index in [4.69, 9.17) is 5.73 Å². The van der Waals surface area contributed by atoms with E-state index in [-0.39, 0.29) is 5.54 Å². The number of hydrogen-bond acceptors (Lipinski definition) is 2. The second-order valence-corrected chi connectivity index (χ2v) is 4.03. The highest BCUT2D eigenvalue weighted by Gasteiger charge is 2.38. The first-order chi connectivity index (χ1) is 5.66. The number of rotatable bonds is 6. The van der Waals surface area contributed by atoms with Crippen molar-refractivity contribution in [3.8, 4) is 0 Å². The van der Waals surface area contributed by atoms with E-state index in [0.29, 0.717) is 0 Å². The number of nitrogens with two attached hydrogens (primary N) is 1. The summed E-state index contributed by atoms with van der Waals surface area (Å²) in [6.07, 6.45) is 6.71. The summed E-state index contributed by atoms with van der Waals surface area (Å²) in [4.78, 5) is 2.33. The van der Waals surface area contributed by atoms with Crippen molar-refractivity contribution < 1.29 is 0 Å². The quantitative estimate of drug-likeness (QED) is 0.479. The molecule has 0 atom stereocenters. The predicted molar refractivity (Wildman–Crippen MR) is 53.1 cm³/mol. The van der Waals surface area contributed by atoms with Crippen LogP contribution in [0, 0.1) is 0 Å². The second kappa shape index (κ2) is 4.06. The Labute approximate surface area is 75.4 Å². The average Bonchev–Trinajstić information content (AvgIpc) is 2.68. The predicted octanol–water partition coefficient (Wildman–Crippen LogP) is 1.38. The van der Waals surface area contributed by atoms with Gasteiger partial charge in [0, 0.05) is 12.1 Å². The maximum atomic E-state index is 5.99. The summed E-state index contributed by atoms with van der Waals surface area (Å²) in [6.45, 7) is 5.90. The topological polar surface area (TPSA) is 29.3 Å². The molecule has 0 bridgehead atoms. The fourth-order valence-electron chi connectivity index (χ4n) is 1.44. The Morgan fingerprint density at radius 1 is 1.58 bits per heavy atom. The minimum atomic E-state index is 0.170. The highest BCUT2D eigenvalue weighted by atomic mass is 15.1. The SMILES string of the molecule is C=CCCCN(C)CC1(N)CC1. The van der Waals surface area contributed by atoms with Crippen LogP contribution in [0.1, 0.15) is 25.7 Å². The zero-order chi connectivity index (χ0) is 9.03. The molecule has 0 aromatic carbocycles. The standard InChI is InChI=1S/C10H20N2/c1-3-4-5-8-12(2)9-10(11)6-7-10/h3H,1,4-9,11H2,2H3. The lowest BCUT2D eigenvalue weighted by Gasteiger charge is -2.20. The molecule has 2 N–H and O–H groups in total.